The van der Waals surface area contributed by atoms with Crippen molar-refractivity contribution in [3.8, 4) is 5.75 Å². The summed E-state index contributed by atoms with van der Waals surface area (Å²) in [5.74, 6) is -0.103. The Balaban J connectivity index is 1.17. The normalized spacial score (nSPS) is 11.1. The van der Waals surface area contributed by atoms with Crippen LogP contribution in [0.3, 0.4) is 0 Å². The highest BCUT2D eigenvalue weighted by molar-refractivity contribution is 6.38. The van der Waals surface area contributed by atoms with Gasteiger partial charge in [-0.25, -0.2) is 4.98 Å². The number of nitrogens with one attached hydrogen (secondary N) is 2. The second-order valence-corrected chi connectivity index (χ2v) is 11.0. The molecule has 13 heteroatoms. The molecule has 3 aromatic heterocycles. The molecular formula is C33H29Cl2N7O4. The molecule has 0 bridgehead atoms. The van der Waals surface area contributed by atoms with E-state index >= 15 is 0 Å². The molecule has 0 saturated carbocycles. The van der Waals surface area contributed by atoms with Gasteiger partial charge in [0.1, 0.15) is 29.4 Å². The molecule has 0 spiro atoms. The minimum atomic E-state index is -0.490. The molecular weight excluding hydrogens is 629 g/mol. The van der Waals surface area contributed by atoms with Crippen molar-refractivity contribution in [2.45, 2.75) is 13.5 Å². The first kappa shape index (κ1) is 32.1. The zero-order valence-electron chi connectivity index (χ0n) is 25.1. The van der Waals surface area contributed by atoms with Crippen LogP contribution in [0.2, 0.25) is 10.0 Å². The average molecular weight is 659 g/mol. The number of rotatable bonds is 10. The molecule has 5 aromatic rings. The van der Waals surface area contributed by atoms with Crippen LogP contribution in [-0.4, -0.2) is 58.5 Å². The highest BCUT2D eigenvalue weighted by Crippen LogP contribution is 2.35. The maximum Gasteiger partial charge on any atom is 0.277 e. The number of amides is 3. The number of carbonyl (C=O) groups is 3. The van der Waals surface area contributed by atoms with E-state index in [-0.39, 0.29) is 29.8 Å². The minimum absolute atomic E-state index is 0.0504. The molecule has 0 aliphatic carbocycles. The number of halogens is 2. The minimum Gasteiger partial charge on any atom is -0.487 e. The molecule has 0 fully saturated rings. The van der Waals surface area contributed by atoms with Crippen LogP contribution >= 0.6 is 23.2 Å². The highest BCUT2D eigenvalue weighted by Gasteiger charge is 2.20. The third-order valence-electron chi connectivity index (χ3n) is 7.09. The zero-order chi connectivity index (χ0) is 32.8. The molecule has 0 saturated heterocycles. The summed E-state index contributed by atoms with van der Waals surface area (Å²) in [7, 11) is 3.16. The van der Waals surface area contributed by atoms with Gasteiger partial charge >= 0.3 is 0 Å². The van der Waals surface area contributed by atoms with E-state index in [2.05, 4.69) is 25.5 Å². The van der Waals surface area contributed by atoms with Gasteiger partial charge in [0.25, 0.3) is 5.91 Å². The van der Waals surface area contributed by atoms with E-state index in [0.717, 1.165) is 16.6 Å². The van der Waals surface area contributed by atoms with Gasteiger partial charge in [0, 0.05) is 54.1 Å². The molecule has 3 amide bonds. The third kappa shape index (κ3) is 7.33. The van der Waals surface area contributed by atoms with Crippen LogP contribution in [0.4, 0.5) is 11.5 Å². The molecule has 3 heterocycles. The van der Waals surface area contributed by atoms with Crippen molar-refractivity contribution in [3.63, 3.8) is 0 Å². The van der Waals surface area contributed by atoms with Crippen LogP contribution in [-0.2, 0) is 16.2 Å². The van der Waals surface area contributed by atoms with Crippen molar-refractivity contribution in [1.82, 2.24) is 25.5 Å². The average Bonchev–Trinajstić information content (AvgIpc) is 3.61. The van der Waals surface area contributed by atoms with E-state index in [9.17, 15) is 14.4 Å². The number of ether oxygens (including phenoxy) is 1. The molecule has 11 nitrogen and oxygen atoms in total. The summed E-state index contributed by atoms with van der Waals surface area (Å²) in [5, 5.41) is 10.7. The van der Waals surface area contributed by atoms with Gasteiger partial charge in [0.2, 0.25) is 11.8 Å². The largest absolute Gasteiger partial charge is 0.487 e. The first-order chi connectivity index (χ1) is 22.1. The Morgan fingerprint density at radius 1 is 1.00 bits per heavy atom. The zero-order valence-corrected chi connectivity index (χ0v) is 26.6. The molecule has 0 radical (unpaired) electrons. The summed E-state index contributed by atoms with van der Waals surface area (Å²) < 4.78 is 6.08. The number of carbonyl (C=O) groups excluding carboxylic acids is 3. The van der Waals surface area contributed by atoms with Gasteiger partial charge in [-0.2, -0.15) is 5.10 Å². The Morgan fingerprint density at radius 3 is 2.57 bits per heavy atom. The van der Waals surface area contributed by atoms with Gasteiger partial charge in [0.05, 0.1) is 23.5 Å². The predicted molar refractivity (Wildman–Crippen MR) is 178 cm³/mol. The summed E-state index contributed by atoms with van der Waals surface area (Å²) >= 11 is 13.2. The first-order valence-corrected chi connectivity index (χ1v) is 14.8. The topological polar surface area (TPSA) is 133 Å². The molecule has 234 valence electrons. The van der Waals surface area contributed by atoms with Gasteiger partial charge in [-0.05, 0) is 48.9 Å². The molecule has 2 N–H and O–H groups in total. The lowest BCUT2D eigenvalue weighted by Crippen LogP contribution is -2.37. The fourth-order valence-corrected chi connectivity index (χ4v) is 5.06. The first-order valence-electron chi connectivity index (χ1n) is 14.0. The van der Waals surface area contributed by atoms with Gasteiger partial charge in [0.15, 0.2) is 0 Å². The van der Waals surface area contributed by atoms with Crippen LogP contribution in [0.15, 0.2) is 79.1 Å². The van der Waals surface area contributed by atoms with Crippen molar-refractivity contribution < 1.29 is 19.1 Å². The highest BCUT2D eigenvalue weighted by atomic mass is 35.5. The van der Waals surface area contributed by atoms with Crippen LogP contribution in [0.25, 0.3) is 17.0 Å². The lowest BCUT2D eigenvalue weighted by atomic mass is 10.1. The number of nitrogens with zero attached hydrogens (tertiary/aromatic N) is 5. The van der Waals surface area contributed by atoms with Crippen molar-refractivity contribution in [1.29, 1.82) is 0 Å². The molecule has 0 unspecified atom stereocenters. The number of hydrogen-bond donors (Lipinski definition) is 2. The van der Waals surface area contributed by atoms with Crippen molar-refractivity contribution in [2.24, 2.45) is 0 Å². The summed E-state index contributed by atoms with van der Waals surface area (Å²) in [5.41, 5.74) is 3.32. The number of para-hydroxylation sites is 1. The van der Waals surface area contributed by atoms with Gasteiger partial charge in [-0.15, -0.1) is 0 Å². The number of anilines is 2. The number of aromatic nitrogens is 4. The molecule has 46 heavy (non-hydrogen) atoms. The van der Waals surface area contributed by atoms with E-state index in [4.69, 9.17) is 27.9 Å². The van der Waals surface area contributed by atoms with Crippen LogP contribution < -0.4 is 19.9 Å². The van der Waals surface area contributed by atoms with Crippen molar-refractivity contribution in [2.75, 3.05) is 30.4 Å². The van der Waals surface area contributed by atoms with Gasteiger partial charge in [-0.3, -0.25) is 29.4 Å². The lowest BCUT2D eigenvalue weighted by Gasteiger charge is -2.21. The summed E-state index contributed by atoms with van der Waals surface area (Å²) in [6.07, 6.45) is 5.82. The summed E-state index contributed by atoms with van der Waals surface area (Å²) in [6, 6.07) is 17.7. The van der Waals surface area contributed by atoms with Gasteiger partial charge in [-0.1, -0.05) is 47.5 Å². The van der Waals surface area contributed by atoms with E-state index in [1.54, 1.807) is 50.6 Å². The predicted octanol–water partition coefficient (Wildman–Crippen LogP) is 5.62. The second kappa shape index (κ2) is 14.2. The lowest BCUT2D eigenvalue weighted by molar-refractivity contribution is -0.122. The van der Waals surface area contributed by atoms with Crippen molar-refractivity contribution >= 4 is 69.4 Å². The molecule has 5 rings (SSSR count). The smallest absolute Gasteiger partial charge is 0.277 e. The number of H-pyrrole nitrogens is 1. The SMILES string of the molecule is Cc1ccc2cccc(OCc3c(Cl)ccc(N(C)C(=O)CNC(=O)C=Cc4ccc(C(=O)N(C)c5ccn[nH]5)nc4)c3Cl)c2n1. The molecule has 0 atom stereocenters. The Morgan fingerprint density at radius 2 is 1.83 bits per heavy atom. The fraction of sp³-hybridized carbons (Fsp3) is 0.152. The Kier molecular flexibility index (Phi) is 9.94. The molecule has 0 aliphatic heterocycles. The number of likely N-dealkylation sites (N-methyl/N-ethyl adjacent to an activating group) is 1. The van der Waals surface area contributed by atoms with E-state index < -0.39 is 11.8 Å². The molecule has 2 aromatic carbocycles. The summed E-state index contributed by atoms with van der Waals surface area (Å²) in [4.78, 5) is 49.5. The Hall–Kier alpha value is -5.26. The number of hydrogen-bond acceptors (Lipinski definition) is 7. The number of benzene rings is 2. The fourth-order valence-electron chi connectivity index (χ4n) is 4.45. The Labute approximate surface area is 274 Å². The van der Waals surface area contributed by atoms with Crippen LogP contribution in [0.5, 0.6) is 5.75 Å². The van der Waals surface area contributed by atoms with Gasteiger partial charge < -0.3 is 15.0 Å². The number of fused-ring (bicyclic) bond motifs is 1. The van der Waals surface area contributed by atoms with E-state index in [1.165, 1.54) is 28.1 Å². The monoisotopic (exact) mass is 657 g/mol. The quantitative estimate of drug-likeness (QED) is 0.186. The van der Waals surface area contributed by atoms with E-state index in [1.807, 2.05) is 37.3 Å². The van der Waals surface area contributed by atoms with Crippen molar-refractivity contribution in [3.05, 3.63) is 112 Å². The van der Waals surface area contributed by atoms with E-state index in [0.29, 0.717) is 33.4 Å². The second-order valence-electron chi connectivity index (χ2n) is 10.2. The summed E-state index contributed by atoms with van der Waals surface area (Å²) in [6.45, 7) is 1.68. The maximum atomic E-state index is 13.0. The van der Waals surface area contributed by atoms with Crippen LogP contribution in [0.1, 0.15) is 27.3 Å². The maximum absolute atomic E-state index is 13.0. The Bertz CT molecular complexity index is 1930. The molecule has 0 aliphatic rings. The number of pyridine rings is 2. The number of aryl methyl sites for hydroxylation is 1. The van der Waals surface area contributed by atoms with Crippen LogP contribution in [0, 0.1) is 6.92 Å². The standard InChI is InChI=1S/C33H29Cl2N7O4/c1-20-7-10-22-5-4-6-27(32(22)39-20)46-19-23-24(34)11-13-26(31(23)35)41(2)30(44)18-37-29(43)14-9-21-8-12-25(36-17-21)33(45)42(3)28-15-16-38-40-28/h4-17H,18-19H2,1-3H3,(H,37,43)(H,38,40). The number of aromatic amines is 1. The third-order valence-corrected chi connectivity index (χ3v) is 7.87.